The Morgan fingerprint density at radius 1 is 1.37 bits per heavy atom. The van der Waals surface area contributed by atoms with Gasteiger partial charge in [0.25, 0.3) is 5.56 Å². The van der Waals surface area contributed by atoms with Crippen LogP contribution in [-0.2, 0) is 13.5 Å². The van der Waals surface area contributed by atoms with E-state index < -0.39 is 0 Å². The summed E-state index contributed by atoms with van der Waals surface area (Å²) in [7, 11) is 1.60. The topological polar surface area (TPSA) is 72.9 Å². The van der Waals surface area contributed by atoms with Crippen molar-refractivity contribution in [1.82, 2.24) is 9.55 Å². The first-order chi connectivity index (χ1) is 9.11. The number of halogens is 1. The number of aryl methyl sites for hydroxylation is 1. The Morgan fingerprint density at radius 2 is 2.05 bits per heavy atom. The summed E-state index contributed by atoms with van der Waals surface area (Å²) in [6.45, 7) is 0.620. The highest BCUT2D eigenvalue weighted by molar-refractivity contribution is 6.32. The molecule has 0 saturated carbocycles. The number of hydrogen-bond donors (Lipinski definition) is 2. The van der Waals surface area contributed by atoms with Crippen LogP contribution < -0.4 is 16.6 Å². The minimum atomic E-state index is -0.279. The van der Waals surface area contributed by atoms with Gasteiger partial charge in [-0.15, -0.1) is 0 Å². The number of nitrogens with one attached hydrogen (secondary N) is 1. The van der Waals surface area contributed by atoms with Gasteiger partial charge in [-0.3, -0.25) is 4.79 Å². The van der Waals surface area contributed by atoms with Crippen LogP contribution in [0.3, 0.4) is 0 Å². The fraction of sp³-hybridized carbons (Fsp3) is 0.231. The lowest BCUT2D eigenvalue weighted by Crippen LogP contribution is -2.18. The van der Waals surface area contributed by atoms with Crippen LogP contribution in [0.4, 0.5) is 11.5 Å². The summed E-state index contributed by atoms with van der Waals surface area (Å²) in [4.78, 5) is 15.7. The monoisotopic (exact) mass is 278 g/mol. The Kier molecular flexibility index (Phi) is 4.19. The fourth-order valence-corrected chi connectivity index (χ4v) is 1.88. The van der Waals surface area contributed by atoms with E-state index in [1.807, 2.05) is 24.3 Å². The largest absolute Gasteiger partial charge is 0.339 e. The first kappa shape index (κ1) is 13.6. The second-order valence-electron chi connectivity index (χ2n) is 4.18. The molecule has 1 aromatic heterocycles. The number of benzene rings is 1. The van der Waals surface area contributed by atoms with Crippen LogP contribution in [-0.4, -0.2) is 16.1 Å². The van der Waals surface area contributed by atoms with E-state index in [1.165, 1.54) is 10.9 Å². The molecule has 3 N–H and O–H groups in total. The summed E-state index contributed by atoms with van der Waals surface area (Å²) in [5.74, 6) is 0.358. The highest BCUT2D eigenvalue weighted by Gasteiger charge is 2.07. The van der Waals surface area contributed by atoms with Gasteiger partial charge in [0.05, 0.1) is 6.33 Å². The lowest BCUT2D eigenvalue weighted by molar-refractivity contribution is 0.827. The van der Waals surface area contributed by atoms with Crippen molar-refractivity contribution in [3.8, 4) is 0 Å². The molecule has 0 aliphatic carbocycles. The van der Waals surface area contributed by atoms with Crippen molar-refractivity contribution in [3.05, 3.63) is 51.5 Å². The molecule has 2 rings (SSSR count). The van der Waals surface area contributed by atoms with Gasteiger partial charge < -0.3 is 15.6 Å². The minimum absolute atomic E-state index is 0.0797. The Balaban J connectivity index is 2.22. The van der Waals surface area contributed by atoms with Gasteiger partial charge >= 0.3 is 0 Å². The smallest absolute Gasteiger partial charge is 0.274 e. The maximum Gasteiger partial charge on any atom is 0.274 e. The molecule has 5 nitrogen and oxygen atoms in total. The maximum atomic E-state index is 11.7. The third-order valence-electron chi connectivity index (χ3n) is 2.73. The third-order valence-corrected chi connectivity index (χ3v) is 3.07. The Labute approximate surface area is 116 Å². The van der Waals surface area contributed by atoms with Gasteiger partial charge in [-0.2, -0.15) is 0 Å². The van der Waals surface area contributed by atoms with Crippen molar-refractivity contribution in [2.24, 2.45) is 12.8 Å². The molecule has 0 radical (unpaired) electrons. The van der Waals surface area contributed by atoms with Crippen LogP contribution in [0.1, 0.15) is 5.56 Å². The summed E-state index contributed by atoms with van der Waals surface area (Å²) in [5.41, 5.74) is 7.20. The molecule has 0 bridgehead atoms. The molecule has 0 saturated heterocycles. The first-order valence-electron chi connectivity index (χ1n) is 5.89. The Bertz CT molecular complexity index is 622. The maximum absolute atomic E-state index is 11.7. The molecule has 0 spiro atoms. The summed E-state index contributed by atoms with van der Waals surface area (Å²) < 4.78 is 1.33. The van der Waals surface area contributed by atoms with Gasteiger partial charge in [0.15, 0.2) is 5.82 Å². The molecule has 0 aliphatic rings. The van der Waals surface area contributed by atoms with Crippen LogP contribution in [0.5, 0.6) is 0 Å². The molecular formula is C13H15ClN4O. The predicted octanol–water partition coefficient (Wildman–Crippen LogP) is 1.68. The van der Waals surface area contributed by atoms with Gasteiger partial charge in [-0.1, -0.05) is 23.7 Å². The van der Waals surface area contributed by atoms with Crippen LogP contribution in [0.2, 0.25) is 5.02 Å². The van der Waals surface area contributed by atoms with Gasteiger partial charge in [0.2, 0.25) is 0 Å². The number of nitrogens with zero attached hydrogens (tertiary/aromatic N) is 2. The number of hydrogen-bond acceptors (Lipinski definition) is 4. The van der Waals surface area contributed by atoms with E-state index in [1.54, 1.807) is 7.05 Å². The quantitative estimate of drug-likeness (QED) is 0.892. The molecule has 0 atom stereocenters. The molecule has 1 aromatic carbocycles. The molecule has 6 heteroatoms. The van der Waals surface area contributed by atoms with Crippen LogP contribution in [0, 0.1) is 0 Å². The van der Waals surface area contributed by atoms with Crippen LogP contribution in [0.15, 0.2) is 35.4 Å². The second-order valence-corrected chi connectivity index (χ2v) is 4.56. The zero-order valence-electron chi connectivity index (χ0n) is 10.6. The van der Waals surface area contributed by atoms with Crippen LogP contribution in [0.25, 0.3) is 0 Å². The zero-order valence-corrected chi connectivity index (χ0v) is 11.3. The Hall–Kier alpha value is -1.85. The van der Waals surface area contributed by atoms with Crippen molar-refractivity contribution in [2.45, 2.75) is 6.42 Å². The molecule has 100 valence electrons. The lowest BCUT2D eigenvalue weighted by atomic mass is 10.1. The van der Waals surface area contributed by atoms with E-state index >= 15 is 0 Å². The van der Waals surface area contributed by atoms with E-state index in [4.69, 9.17) is 17.3 Å². The SMILES string of the molecule is Cn1cnc(Nc2ccc(CCN)cc2)c(Cl)c1=O. The van der Waals surface area contributed by atoms with Crippen molar-refractivity contribution < 1.29 is 0 Å². The molecule has 2 aromatic rings. The van der Waals surface area contributed by atoms with Crippen molar-refractivity contribution >= 4 is 23.1 Å². The molecular weight excluding hydrogens is 264 g/mol. The van der Waals surface area contributed by atoms with E-state index in [0.29, 0.717) is 12.4 Å². The van der Waals surface area contributed by atoms with Gasteiger partial charge in [0, 0.05) is 12.7 Å². The molecule has 0 aliphatic heterocycles. The average molecular weight is 279 g/mol. The van der Waals surface area contributed by atoms with E-state index in [9.17, 15) is 4.79 Å². The fourth-order valence-electron chi connectivity index (χ4n) is 1.65. The summed E-state index contributed by atoms with van der Waals surface area (Å²) in [5, 5.41) is 3.10. The number of anilines is 2. The van der Waals surface area contributed by atoms with E-state index in [2.05, 4.69) is 10.3 Å². The molecule has 1 heterocycles. The van der Waals surface area contributed by atoms with Crippen molar-refractivity contribution in [1.29, 1.82) is 0 Å². The number of nitrogens with two attached hydrogens (primary N) is 1. The zero-order chi connectivity index (χ0) is 13.8. The van der Waals surface area contributed by atoms with E-state index in [-0.39, 0.29) is 10.6 Å². The minimum Gasteiger partial charge on any atom is -0.339 e. The van der Waals surface area contributed by atoms with Crippen molar-refractivity contribution in [2.75, 3.05) is 11.9 Å². The highest BCUT2D eigenvalue weighted by atomic mass is 35.5. The third kappa shape index (κ3) is 3.13. The standard InChI is InChI=1S/C13H15ClN4O/c1-18-8-16-12(11(14)13(18)19)17-10-4-2-9(3-5-10)6-7-15/h2-5,8,17H,6-7,15H2,1H3. The normalized spacial score (nSPS) is 10.5. The van der Waals surface area contributed by atoms with Gasteiger partial charge in [0.1, 0.15) is 5.02 Å². The molecule has 0 fully saturated rings. The lowest BCUT2D eigenvalue weighted by Gasteiger charge is -2.08. The van der Waals surface area contributed by atoms with Gasteiger partial charge in [-0.05, 0) is 30.7 Å². The first-order valence-corrected chi connectivity index (χ1v) is 6.27. The summed E-state index contributed by atoms with van der Waals surface area (Å²) in [6, 6.07) is 7.76. The number of aromatic nitrogens is 2. The van der Waals surface area contributed by atoms with Crippen LogP contribution >= 0.6 is 11.6 Å². The molecule has 0 amide bonds. The number of rotatable bonds is 4. The Morgan fingerprint density at radius 3 is 2.68 bits per heavy atom. The second kappa shape index (κ2) is 5.86. The molecule has 0 unspecified atom stereocenters. The van der Waals surface area contributed by atoms with E-state index in [0.717, 1.165) is 17.7 Å². The van der Waals surface area contributed by atoms with Gasteiger partial charge in [-0.25, -0.2) is 4.98 Å². The summed E-state index contributed by atoms with van der Waals surface area (Å²) >= 11 is 5.95. The molecule has 19 heavy (non-hydrogen) atoms. The average Bonchev–Trinajstić information content (AvgIpc) is 2.42. The summed E-state index contributed by atoms with van der Waals surface area (Å²) in [6.07, 6.45) is 2.27. The highest BCUT2D eigenvalue weighted by Crippen LogP contribution is 2.19. The predicted molar refractivity (Wildman–Crippen MR) is 77.0 cm³/mol. The van der Waals surface area contributed by atoms with Crippen molar-refractivity contribution in [3.63, 3.8) is 0 Å².